The van der Waals surface area contributed by atoms with E-state index in [4.69, 9.17) is 14.3 Å². The van der Waals surface area contributed by atoms with Gasteiger partial charge in [-0.25, -0.2) is 9.78 Å². The number of carbonyl (C=O) groups is 1. The molecule has 1 aromatic rings. The second-order valence-corrected chi connectivity index (χ2v) is 5.20. The quantitative estimate of drug-likeness (QED) is 0.889. The van der Waals surface area contributed by atoms with Crippen LogP contribution < -0.4 is 0 Å². The van der Waals surface area contributed by atoms with E-state index in [9.17, 15) is 4.79 Å². The Kier molecular flexibility index (Phi) is 2.86. The predicted octanol–water partition coefficient (Wildman–Crippen LogP) is 2.42. The Morgan fingerprint density at radius 3 is 2.67 bits per heavy atom. The van der Waals surface area contributed by atoms with Crippen molar-refractivity contribution in [2.75, 3.05) is 7.11 Å². The molecule has 1 aromatic heterocycles. The summed E-state index contributed by atoms with van der Waals surface area (Å²) in [6.45, 7) is 0.188. The average molecular weight is 251 g/mol. The van der Waals surface area contributed by atoms with E-state index in [1.807, 2.05) is 0 Å². The molecule has 0 spiro atoms. The molecule has 2 atom stereocenters. The largest absolute Gasteiger partial charge is 0.475 e. The van der Waals surface area contributed by atoms with E-state index < -0.39 is 5.97 Å². The third-order valence-electron chi connectivity index (χ3n) is 4.13. The number of fused-ring (bicyclic) bond motifs is 1. The molecule has 3 rings (SSSR count). The van der Waals surface area contributed by atoms with Crippen LogP contribution in [0.5, 0.6) is 0 Å². The molecular weight excluding hydrogens is 234 g/mol. The summed E-state index contributed by atoms with van der Waals surface area (Å²) in [5, 5.41) is 9.08. The number of carboxylic acid groups (broad SMARTS) is 1. The van der Waals surface area contributed by atoms with Crippen LogP contribution in [-0.4, -0.2) is 23.2 Å². The van der Waals surface area contributed by atoms with Crippen LogP contribution in [0.3, 0.4) is 0 Å². The van der Waals surface area contributed by atoms with Crippen molar-refractivity contribution in [1.29, 1.82) is 0 Å². The third kappa shape index (κ3) is 1.82. The van der Waals surface area contributed by atoms with Gasteiger partial charge in [0.05, 0.1) is 6.61 Å². The number of nitrogens with zero attached hydrogens (tertiary/aromatic N) is 1. The van der Waals surface area contributed by atoms with Crippen molar-refractivity contribution in [1.82, 2.24) is 4.98 Å². The highest BCUT2D eigenvalue weighted by Crippen LogP contribution is 2.61. The zero-order chi connectivity index (χ0) is 12.7. The maximum Gasteiger partial charge on any atom is 0.373 e. The van der Waals surface area contributed by atoms with Crippen LogP contribution in [0.15, 0.2) is 4.42 Å². The molecule has 5 nitrogen and oxygen atoms in total. The van der Waals surface area contributed by atoms with Crippen molar-refractivity contribution in [3.8, 4) is 0 Å². The van der Waals surface area contributed by atoms with E-state index in [-0.39, 0.29) is 12.4 Å². The molecule has 2 aliphatic rings. The van der Waals surface area contributed by atoms with Gasteiger partial charge in [0.25, 0.3) is 0 Å². The minimum absolute atomic E-state index is 0.0597. The number of hydrogen-bond donors (Lipinski definition) is 1. The fourth-order valence-electron chi connectivity index (χ4n) is 3.27. The lowest BCUT2D eigenvalue weighted by atomic mass is 10.0. The Bertz CT molecular complexity index is 456. The summed E-state index contributed by atoms with van der Waals surface area (Å²) in [6.07, 6.45) is 4.99. The number of rotatable bonds is 4. The summed E-state index contributed by atoms with van der Waals surface area (Å²) in [5.74, 6) is 1.15. The number of hydrogen-bond acceptors (Lipinski definition) is 4. The summed E-state index contributed by atoms with van der Waals surface area (Å²) >= 11 is 0. The average Bonchev–Trinajstić information content (AvgIpc) is 2.94. The zero-order valence-electron chi connectivity index (χ0n) is 10.4. The molecule has 1 N–H and O–H groups in total. The summed E-state index contributed by atoms with van der Waals surface area (Å²) in [7, 11) is 1.52. The molecule has 0 radical (unpaired) electrons. The summed E-state index contributed by atoms with van der Waals surface area (Å²) < 4.78 is 10.4. The van der Waals surface area contributed by atoms with Crippen molar-refractivity contribution in [2.24, 2.45) is 11.8 Å². The molecular formula is C13H17NO4. The van der Waals surface area contributed by atoms with Crippen LogP contribution in [0.4, 0.5) is 0 Å². The van der Waals surface area contributed by atoms with Gasteiger partial charge in [0.2, 0.25) is 5.76 Å². The number of carboxylic acids is 1. The van der Waals surface area contributed by atoms with Crippen molar-refractivity contribution in [2.45, 2.75) is 38.2 Å². The summed E-state index contributed by atoms with van der Waals surface area (Å²) in [6, 6.07) is 0. The first-order valence-electron chi connectivity index (χ1n) is 6.44. The van der Waals surface area contributed by atoms with E-state index in [1.54, 1.807) is 0 Å². The Morgan fingerprint density at radius 1 is 1.44 bits per heavy atom. The van der Waals surface area contributed by atoms with Crippen LogP contribution in [0.1, 0.15) is 53.7 Å². The first-order valence-corrected chi connectivity index (χ1v) is 6.44. The van der Waals surface area contributed by atoms with Crippen LogP contribution >= 0.6 is 0 Å². The highest BCUT2D eigenvalue weighted by atomic mass is 16.5. The van der Waals surface area contributed by atoms with Crippen LogP contribution in [0, 0.1) is 11.8 Å². The Morgan fingerprint density at radius 2 is 2.11 bits per heavy atom. The Balaban J connectivity index is 1.85. The lowest BCUT2D eigenvalue weighted by molar-refractivity contribution is 0.0653. The Hall–Kier alpha value is -1.36. The molecule has 2 aliphatic carbocycles. The van der Waals surface area contributed by atoms with E-state index in [0.717, 1.165) is 0 Å². The van der Waals surface area contributed by atoms with Crippen LogP contribution in [0.2, 0.25) is 0 Å². The molecule has 0 amide bonds. The summed E-state index contributed by atoms with van der Waals surface area (Å²) in [4.78, 5) is 15.4. The van der Waals surface area contributed by atoms with Gasteiger partial charge >= 0.3 is 5.97 Å². The smallest absolute Gasteiger partial charge is 0.373 e. The second-order valence-electron chi connectivity index (χ2n) is 5.20. The van der Waals surface area contributed by atoms with Crippen molar-refractivity contribution < 1.29 is 19.1 Å². The van der Waals surface area contributed by atoms with Gasteiger partial charge in [0.15, 0.2) is 5.89 Å². The molecule has 1 heterocycles. The maximum atomic E-state index is 11.1. The lowest BCUT2D eigenvalue weighted by Crippen LogP contribution is -2.00. The molecule has 2 unspecified atom stereocenters. The van der Waals surface area contributed by atoms with Gasteiger partial charge in [0.1, 0.15) is 5.69 Å². The molecule has 18 heavy (non-hydrogen) atoms. The second kappa shape index (κ2) is 4.39. The van der Waals surface area contributed by atoms with E-state index in [1.165, 1.54) is 32.8 Å². The van der Waals surface area contributed by atoms with E-state index in [2.05, 4.69) is 4.98 Å². The number of aromatic carboxylic acids is 1. The fourth-order valence-corrected chi connectivity index (χ4v) is 3.27. The minimum atomic E-state index is -1.07. The van der Waals surface area contributed by atoms with Crippen molar-refractivity contribution in [3.05, 3.63) is 17.3 Å². The normalized spacial score (nSPS) is 29.9. The SMILES string of the molecule is COCc1nc(C2C3CCCCC32)oc1C(=O)O. The monoisotopic (exact) mass is 251 g/mol. The van der Waals surface area contributed by atoms with E-state index >= 15 is 0 Å². The standard InChI is InChI=1S/C13H17NO4/c1-17-6-9-11(13(15)16)18-12(14-9)10-7-4-2-3-5-8(7)10/h7-8,10H,2-6H2,1H3,(H,15,16). The molecule has 2 saturated carbocycles. The molecule has 2 fully saturated rings. The van der Waals surface area contributed by atoms with Gasteiger partial charge in [-0.15, -0.1) is 0 Å². The van der Waals surface area contributed by atoms with Gasteiger partial charge in [-0.05, 0) is 24.7 Å². The predicted molar refractivity (Wildman–Crippen MR) is 62.4 cm³/mol. The first kappa shape index (κ1) is 11.7. The number of oxazole rings is 1. The lowest BCUT2D eigenvalue weighted by Gasteiger charge is -2.04. The summed E-state index contributed by atoms with van der Waals surface area (Å²) in [5.41, 5.74) is 0.406. The molecule has 98 valence electrons. The molecule has 0 aliphatic heterocycles. The van der Waals surface area contributed by atoms with Gasteiger partial charge in [-0.2, -0.15) is 0 Å². The topological polar surface area (TPSA) is 72.6 Å². The van der Waals surface area contributed by atoms with Crippen LogP contribution in [0.25, 0.3) is 0 Å². The first-order chi connectivity index (χ1) is 8.72. The van der Waals surface area contributed by atoms with Gasteiger partial charge in [-0.1, -0.05) is 12.8 Å². The van der Waals surface area contributed by atoms with Crippen molar-refractivity contribution in [3.63, 3.8) is 0 Å². The maximum absolute atomic E-state index is 11.1. The highest BCUT2D eigenvalue weighted by Gasteiger charge is 2.54. The molecule has 0 aromatic carbocycles. The number of ether oxygens (including phenoxy) is 1. The fraction of sp³-hybridized carbons (Fsp3) is 0.692. The van der Waals surface area contributed by atoms with Gasteiger partial charge in [-0.3, -0.25) is 0 Å². The Labute approximate surface area is 105 Å². The molecule has 0 saturated heterocycles. The molecule has 0 bridgehead atoms. The van der Waals surface area contributed by atoms with Crippen LogP contribution in [-0.2, 0) is 11.3 Å². The molecule has 5 heteroatoms. The zero-order valence-corrected chi connectivity index (χ0v) is 10.4. The third-order valence-corrected chi connectivity index (χ3v) is 4.13. The highest BCUT2D eigenvalue weighted by molar-refractivity contribution is 5.85. The number of methoxy groups -OCH3 is 1. The van der Waals surface area contributed by atoms with Crippen molar-refractivity contribution >= 4 is 5.97 Å². The number of aromatic nitrogens is 1. The minimum Gasteiger partial charge on any atom is -0.475 e. The van der Waals surface area contributed by atoms with Gasteiger partial charge < -0.3 is 14.3 Å². The van der Waals surface area contributed by atoms with E-state index in [0.29, 0.717) is 29.3 Å². The van der Waals surface area contributed by atoms with Gasteiger partial charge in [0, 0.05) is 13.0 Å².